The Balaban J connectivity index is 3.56. The fourth-order valence-corrected chi connectivity index (χ4v) is 1.58. The highest BCUT2D eigenvalue weighted by Crippen LogP contribution is 2.21. The first kappa shape index (κ1) is 11.9. The van der Waals surface area contributed by atoms with Gasteiger partial charge in [-0.1, -0.05) is 13.8 Å². The summed E-state index contributed by atoms with van der Waals surface area (Å²) in [6, 6.07) is 0. The molecule has 0 amide bonds. The summed E-state index contributed by atoms with van der Waals surface area (Å²) in [6.45, 7) is 6.91. The zero-order valence-electron chi connectivity index (χ0n) is 8.76. The van der Waals surface area contributed by atoms with Gasteiger partial charge in [-0.15, -0.1) is 0 Å². The lowest BCUT2D eigenvalue weighted by molar-refractivity contribution is 0.0214. The quantitative estimate of drug-likeness (QED) is 0.626. The second-order valence-corrected chi connectivity index (χ2v) is 4.19. The van der Waals surface area contributed by atoms with Gasteiger partial charge in [0.1, 0.15) is 0 Å². The van der Waals surface area contributed by atoms with Crippen LogP contribution in [0.3, 0.4) is 0 Å². The summed E-state index contributed by atoms with van der Waals surface area (Å²) in [6.07, 6.45) is 2.64. The molecule has 0 saturated carbocycles. The van der Waals surface area contributed by atoms with Crippen molar-refractivity contribution in [2.75, 3.05) is 13.7 Å². The van der Waals surface area contributed by atoms with E-state index < -0.39 is 5.60 Å². The standard InChI is InChI=1S/C10H22O2/c1-9(2)8-10(3,11)6-5-7-12-4/h9,11H,5-8H2,1-4H3. The van der Waals surface area contributed by atoms with E-state index in [0.29, 0.717) is 5.92 Å². The molecule has 1 atom stereocenters. The van der Waals surface area contributed by atoms with Crippen LogP contribution in [0.5, 0.6) is 0 Å². The first-order valence-corrected chi connectivity index (χ1v) is 4.69. The topological polar surface area (TPSA) is 29.5 Å². The molecule has 0 spiro atoms. The van der Waals surface area contributed by atoms with Crippen molar-refractivity contribution in [2.24, 2.45) is 5.92 Å². The Labute approximate surface area is 75.9 Å². The van der Waals surface area contributed by atoms with Crippen LogP contribution in [0.1, 0.15) is 40.0 Å². The molecule has 1 unspecified atom stereocenters. The lowest BCUT2D eigenvalue weighted by Crippen LogP contribution is -2.26. The van der Waals surface area contributed by atoms with Crippen molar-refractivity contribution in [3.63, 3.8) is 0 Å². The highest BCUT2D eigenvalue weighted by atomic mass is 16.5. The van der Waals surface area contributed by atoms with Crippen LogP contribution >= 0.6 is 0 Å². The van der Waals surface area contributed by atoms with E-state index >= 15 is 0 Å². The molecule has 1 N–H and O–H groups in total. The third-order valence-corrected chi connectivity index (χ3v) is 1.91. The highest BCUT2D eigenvalue weighted by Gasteiger charge is 2.20. The maximum Gasteiger partial charge on any atom is 0.0623 e. The molecule has 12 heavy (non-hydrogen) atoms. The number of ether oxygens (including phenoxy) is 1. The van der Waals surface area contributed by atoms with Crippen molar-refractivity contribution < 1.29 is 9.84 Å². The lowest BCUT2D eigenvalue weighted by atomic mass is 9.90. The summed E-state index contributed by atoms with van der Waals surface area (Å²) in [5.74, 6) is 0.558. The van der Waals surface area contributed by atoms with Crippen LogP contribution in [-0.2, 0) is 4.74 Å². The Bertz CT molecular complexity index is 108. The van der Waals surface area contributed by atoms with Crippen LogP contribution in [-0.4, -0.2) is 24.4 Å². The van der Waals surface area contributed by atoms with Crippen molar-refractivity contribution in [1.29, 1.82) is 0 Å². The van der Waals surface area contributed by atoms with Crippen molar-refractivity contribution in [2.45, 2.75) is 45.6 Å². The SMILES string of the molecule is COCCCC(C)(O)CC(C)C. The predicted molar refractivity (Wildman–Crippen MR) is 51.2 cm³/mol. The molecule has 0 aromatic heterocycles. The van der Waals surface area contributed by atoms with Gasteiger partial charge in [-0.25, -0.2) is 0 Å². The van der Waals surface area contributed by atoms with Gasteiger partial charge in [-0.05, 0) is 32.1 Å². The van der Waals surface area contributed by atoms with Crippen LogP contribution < -0.4 is 0 Å². The minimum absolute atomic E-state index is 0.507. The van der Waals surface area contributed by atoms with Gasteiger partial charge in [-0.3, -0.25) is 0 Å². The maximum atomic E-state index is 9.86. The molecule has 0 fully saturated rings. The van der Waals surface area contributed by atoms with Gasteiger partial charge in [-0.2, -0.15) is 0 Å². The summed E-state index contributed by atoms with van der Waals surface area (Å²) in [4.78, 5) is 0. The maximum absolute atomic E-state index is 9.86. The molecule has 74 valence electrons. The van der Waals surface area contributed by atoms with E-state index in [4.69, 9.17) is 4.74 Å². The zero-order valence-corrected chi connectivity index (χ0v) is 8.76. The fourth-order valence-electron chi connectivity index (χ4n) is 1.58. The molecule has 0 aliphatic carbocycles. The van der Waals surface area contributed by atoms with Gasteiger partial charge in [0, 0.05) is 13.7 Å². The largest absolute Gasteiger partial charge is 0.390 e. The number of methoxy groups -OCH3 is 1. The molecule has 2 nitrogen and oxygen atoms in total. The van der Waals surface area contributed by atoms with Gasteiger partial charge in [0.05, 0.1) is 5.60 Å². The summed E-state index contributed by atoms with van der Waals surface area (Å²) in [5.41, 5.74) is -0.507. The average Bonchev–Trinajstić information content (AvgIpc) is 1.84. The van der Waals surface area contributed by atoms with Crippen molar-refractivity contribution in [1.82, 2.24) is 0 Å². The van der Waals surface area contributed by atoms with E-state index in [1.807, 2.05) is 6.92 Å². The Morgan fingerprint density at radius 1 is 1.42 bits per heavy atom. The number of aliphatic hydroxyl groups is 1. The van der Waals surface area contributed by atoms with Crippen LogP contribution in [0.4, 0.5) is 0 Å². The summed E-state index contributed by atoms with van der Waals surface area (Å²) in [5, 5.41) is 9.86. The smallest absolute Gasteiger partial charge is 0.0623 e. The number of hydrogen-bond donors (Lipinski definition) is 1. The Hall–Kier alpha value is -0.0800. The molecule has 0 aromatic rings. The van der Waals surface area contributed by atoms with E-state index in [9.17, 15) is 5.11 Å². The molecular weight excluding hydrogens is 152 g/mol. The monoisotopic (exact) mass is 174 g/mol. The van der Waals surface area contributed by atoms with Gasteiger partial charge in [0.15, 0.2) is 0 Å². The van der Waals surface area contributed by atoms with E-state index in [-0.39, 0.29) is 0 Å². The van der Waals surface area contributed by atoms with Crippen LogP contribution in [0.15, 0.2) is 0 Å². The van der Waals surface area contributed by atoms with Gasteiger partial charge >= 0.3 is 0 Å². The molecule has 0 aromatic carbocycles. The molecule has 0 rings (SSSR count). The highest BCUT2D eigenvalue weighted by molar-refractivity contribution is 4.73. The predicted octanol–water partition coefficient (Wildman–Crippen LogP) is 2.21. The van der Waals surface area contributed by atoms with E-state index in [2.05, 4.69) is 13.8 Å². The minimum atomic E-state index is -0.507. The van der Waals surface area contributed by atoms with Gasteiger partial charge < -0.3 is 9.84 Å². The number of hydrogen-bond acceptors (Lipinski definition) is 2. The van der Waals surface area contributed by atoms with E-state index in [0.717, 1.165) is 25.9 Å². The summed E-state index contributed by atoms with van der Waals surface area (Å²) in [7, 11) is 1.69. The molecule has 0 bridgehead atoms. The Kier molecular flexibility index (Phi) is 5.51. The minimum Gasteiger partial charge on any atom is -0.390 e. The lowest BCUT2D eigenvalue weighted by Gasteiger charge is -2.24. The summed E-state index contributed by atoms with van der Waals surface area (Å²) >= 11 is 0. The van der Waals surface area contributed by atoms with Gasteiger partial charge in [0.25, 0.3) is 0 Å². The average molecular weight is 174 g/mol. The van der Waals surface area contributed by atoms with Crippen LogP contribution in [0, 0.1) is 5.92 Å². The second-order valence-electron chi connectivity index (χ2n) is 4.19. The van der Waals surface area contributed by atoms with E-state index in [1.165, 1.54) is 0 Å². The third kappa shape index (κ3) is 6.62. The third-order valence-electron chi connectivity index (χ3n) is 1.91. The molecule has 0 aliphatic rings. The normalized spacial score (nSPS) is 16.5. The van der Waals surface area contributed by atoms with E-state index in [1.54, 1.807) is 7.11 Å². The Morgan fingerprint density at radius 2 is 2.00 bits per heavy atom. The molecule has 0 heterocycles. The molecule has 0 aliphatic heterocycles. The van der Waals surface area contributed by atoms with Crippen LogP contribution in [0.2, 0.25) is 0 Å². The zero-order chi connectivity index (χ0) is 9.61. The Morgan fingerprint density at radius 3 is 2.42 bits per heavy atom. The second kappa shape index (κ2) is 5.55. The fraction of sp³-hybridized carbons (Fsp3) is 1.00. The van der Waals surface area contributed by atoms with Gasteiger partial charge in [0.2, 0.25) is 0 Å². The molecule has 2 heteroatoms. The first-order chi connectivity index (χ1) is 5.48. The van der Waals surface area contributed by atoms with Crippen molar-refractivity contribution >= 4 is 0 Å². The van der Waals surface area contributed by atoms with Crippen molar-refractivity contribution in [3.8, 4) is 0 Å². The summed E-state index contributed by atoms with van der Waals surface area (Å²) < 4.78 is 4.93. The van der Waals surface area contributed by atoms with Crippen molar-refractivity contribution in [3.05, 3.63) is 0 Å². The molecule has 0 radical (unpaired) electrons. The number of rotatable bonds is 6. The van der Waals surface area contributed by atoms with Crippen LogP contribution in [0.25, 0.3) is 0 Å². The molecular formula is C10H22O2. The molecule has 0 saturated heterocycles. The first-order valence-electron chi connectivity index (χ1n) is 4.69.